The van der Waals surface area contributed by atoms with Crippen LogP contribution in [0.1, 0.15) is 71.6 Å². The fourth-order valence-electron chi connectivity index (χ4n) is 3.69. The lowest BCUT2D eigenvalue weighted by Crippen LogP contribution is -2.19. The highest BCUT2D eigenvalue weighted by atomic mass is 16.4. The third-order valence-corrected chi connectivity index (χ3v) is 5.14. The van der Waals surface area contributed by atoms with Gasteiger partial charge >= 0.3 is 5.97 Å². The van der Waals surface area contributed by atoms with Crippen LogP contribution >= 0.6 is 0 Å². The van der Waals surface area contributed by atoms with Crippen LogP contribution < -0.4 is 0 Å². The van der Waals surface area contributed by atoms with Crippen molar-refractivity contribution in [2.45, 2.75) is 83.8 Å². The van der Waals surface area contributed by atoms with Crippen molar-refractivity contribution < 1.29 is 20.1 Å². The number of hydrogen-bond acceptors (Lipinski definition) is 3. The molecule has 3 unspecified atom stereocenters. The van der Waals surface area contributed by atoms with Crippen LogP contribution in [-0.2, 0) is 4.79 Å². The Balaban J connectivity index is 2.45. The van der Waals surface area contributed by atoms with Gasteiger partial charge in [0.05, 0.1) is 12.2 Å². The van der Waals surface area contributed by atoms with Crippen molar-refractivity contribution in [3.63, 3.8) is 0 Å². The highest BCUT2D eigenvalue weighted by Gasteiger charge is 2.33. The van der Waals surface area contributed by atoms with E-state index in [-0.39, 0.29) is 18.4 Å². The highest BCUT2D eigenvalue weighted by Crippen LogP contribution is 2.37. The molecule has 4 nitrogen and oxygen atoms in total. The fourth-order valence-corrected chi connectivity index (χ4v) is 3.69. The molecule has 0 spiro atoms. The number of carboxylic acid groups (broad SMARTS) is 1. The third kappa shape index (κ3) is 9.22. The number of aliphatic hydroxyl groups is 2. The Labute approximate surface area is 152 Å². The third-order valence-electron chi connectivity index (χ3n) is 5.14. The normalized spacial score (nSPS) is 26.5. The zero-order valence-electron chi connectivity index (χ0n) is 15.8. The summed E-state index contributed by atoms with van der Waals surface area (Å²) < 4.78 is 0. The Hall–Kier alpha value is -1.13. The Kier molecular flexibility index (Phi) is 10.7. The first-order chi connectivity index (χ1) is 11.9. The molecule has 0 radical (unpaired) electrons. The smallest absolute Gasteiger partial charge is 0.303 e. The molecule has 0 heterocycles. The summed E-state index contributed by atoms with van der Waals surface area (Å²) in [4.78, 5) is 10.5. The summed E-state index contributed by atoms with van der Waals surface area (Å²) in [7, 11) is 0. The van der Waals surface area contributed by atoms with Gasteiger partial charge in [-0.2, -0.15) is 0 Å². The molecule has 1 aliphatic rings. The van der Waals surface area contributed by atoms with E-state index in [1.807, 2.05) is 18.2 Å². The molecule has 3 N–H and O–H groups in total. The van der Waals surface area contributed by atoms with Crippen molar-refractivity contribution in [2.24, 2.45) is 17.8 Å². The van der Waals surface area contributed by atoms with Crippen molar-refractivity contribution in [1.82, 2.24) is 0 Å². The van der Waals surface area contributed by atoms with Gasteiger partial charge in [0.2, 0.25) is 0 Å². The molecule has 1 saturated carbocycles. The minimum atomic E-state index is -0.765. The highest BCUT2D eigenvalue weighted by molar-refractivity contribution is 5.66. The molecule has 0 aromatic carbocycles. The molecule has 1 rings (SSSR count). The Morgan fingerprint density at radius 1 is 1.24 bits per heavy atom. The molecule has 0 aromatic heterocycles. The molecule has 0 bridgehead atoms. The maximum Gasteiger partial charge on any atom is 0.303 e. The minimum Gasteiger partial charge on any atom is -0.481 e. The molecule has 0 saturated heterocycles. The van der Waals surface area contributed by atoms with Gasteiger partial charge in [-0.1, -0.05) is 57.4 Å². The topological polar surface area (TPSA) is 77.8 Å². The van der Waals surface area contributed by atoms with Gasteiger partial charge in [0.15, 0.2) is 0 Å². The molecule has 0 aliphatic heterocycles. The number of carboxylic acids is 1. The van der Waals surface area contributed by atoms with Crippen LogP contribution in [0.2, 0.25) is 0 Å². The maximum absolute atomic E-state index is 10.5. The summed E-state index contributed by atoms with van der Waals surface area (Å²) in [6, 6.07) is 0. The average molecular weight is 353 g/mol. The summed E-state index contributed by atoms with van der Waals surface area (Å²) in [5.74, 6) is 0.150. The largest absolute Gasteiger partial charge is 0.481 e. The first-order valence-electron chi connectivity index (χ1n) is 9.86. The monoisotopic (exact) mass is 352 g/mol. The quantitative estimate of drug-likeness (QED) is 0.361. The number of rotatable bonds is 12. The number of hydrogen-bond donors (Lipinski definition) is 3. The molecule has 25 heavy (non-hydrogen) atoms. The summed E-state index contributed by atoms with van der Waals surface area (Å²) in [5, 5.41) is 29.0. The zero-order valence-corrected chi connectivity index (χ0v) is 15.8. The summed E-state index contributed by atoms with van der Waals surface area (Å²) in [6.07, 6.45) is 14.9. The van der Waals surface area contributed by atoms with Gasteiger partial charge in [-0.05, 0) is 43.9 Å². The number of aliphatic hydroxyl groups excluding tert-OH is 2. The lowest BCUT2D eigenvalue weighted by molar-refractivity contribution is -0.136. The number of allylic oxidation sites excluding steroid dienone is 2. The predicted octanol–water partition coefficient (Wildman–Crippen LogP) is 4.32. The van der Waals surface area contributed by atoms with E-state index in [9.17, 15) is 15.0 Å². The maximum atomic E-state index is 10.5. The molecule has 144 valence electrons. The first kappa shape index (κ1) is 21.9. The minimum absolute atomic E-state index is 0.121. The SMILES string of the molecule is CCCCCC(O)C=C[C@H]1C(O)CC[C@@H]1CC(C)C=CCCC(=O)O. The molecule has 4 heteroatoms. The van der Waals surface area contributed by atoms with E-state index in [4.69, 9.17) is 5.11 Å². The van der Waals surface area contributed by atoms with E-state index < -0.39 is 12.1 Å². The van der Waals surface area contributed by atoms with Crippen LogP contribution in [0.15, 0.2) is 24.3 Å². The zero-order chi connectivity index (χ0) is 18.7. The van der Waals surface area contributed by atoms with Gasteiger partial charge in [0.1, 0.15) is 0 Å². The van der Waals surface area contributed by atoms with E-state index in [1.54, 1.807) is 0 Å². The summed E-state index contributed by atoms with van der Waals surface area (Å²) in [5.41, 5.74) is 0. The number of aliphatic carboxylic acids is 1. The number of unbranched alkanes of at least 4 members (excludes halogenated alkanes) is 2. The van der Waals surface area contributed by atoms with Gasteiger partial charge in [-0.15, -0.1) is 0 Å². The van der Waals surface area contributed by atoms with Crippen molar-refractivity contribution >= 4 is 5.97 Å². The van der Waals surface area contributed by atoms with Gasteiger partial charge < -0.3 is 15.3 Å². The first-order valence-corrected chi connectivity index (χ1v) is 9.86. The molecule has 0 amide bonds. The summed E-state index contributed by atoms with van der Waals surface area (Å²) in [6.45, 7) is 4.29. The second-order valence-corrected chi connectivity index (χ2v) is 7.50. The van der Waals surface area contributed by atoms with Gasteiger partial charge in [0.25, 0.3) is 0 Å². The molecule has 5 atom stereocenters. The summed E-state index contributed by atoms with van der Waals surface area (Å²) >= 11 is 0. The van der Waals surface area contributed by atoms with Gasteiger partial charge in [-0.3, -0.25) is 4.79 Å². The van der Waals surface area contributed by atoms with E-state index in [1.165, 1.54) is 0 Å². The standard InChI is InChI=1S/C21H36O4/c1-3-4-5-9-18(22)12-13-19-17(11-14-20(19)23)15-16(2)8-6-7-10-21(24)25/h6,8,12-13,16-20,22-23H,3-5,7,9-11,14-15H2,1-2H3,(H,24,25)/t16?,17-,18?,19-,20?/m1/s1. The Morgan fingerprint density at radius 3 is 2.68 bits per heavy atom. The van der Waals surface area contributed by atoms with Crippen LogP contribution in [-0.4, -0.2) is 33.5 Å². The van der Waals surface area contributed by atoms with Crippen molar-refractivity contribution in [1.29, 1.82) is 0 Å². The van der Waals surface area contributed by atoms with E-state index in [2.05, 4.69) is 19.9 Å². The second-order valence-electron chi connectivity index (χ2n) is 7.50. The van der Waals surface area contributed by atoms with E-state index >= 15 is 0 Å². The molecule has 0 aromatic rings. The van der Waals surface area contributed by atoms with Crippen molar-refractivity contribution in [3.05, 3.63) is 24.3 Å². The predicted molar refractivity (Wildman–Crippen MR) is 101 cm³/mol. The van der Waals surface area contributed by atoms with Crippen LogP contribution in [0, 0.1) is 17.8 Å². The van der Waals surface area contributed by atoms with E-state index in [0.717, 1.165) is 44.9 Å². The van der Waals surface area contributed by atoms with E-state index in [0.29, 0.717) is 18.3 Å². The van der Waals surface area contributed by atoms with Crippen LogP contribution in [0.25, 0.3) is 0 Å². The molecular formula is C21H36O4. The van der Waals surface area contributed by atoms with Crippen LogP contribution in [0.5, 0.6) is 0 Å². The van der Waals surface area contributed by atoms with Crippen LogP contribution in [0.3, 0.4) is 0 Å². The fraction of sp³-hybridized carbons (Fsp3) is 0.762. The van der Waals surface area contributed by atoms with Gasteiger partial charge in [-0.25, -0.2) is 0 Å². The Morgan fingerprint density at radius 2 is 2.00 bits per heavy atom. The number of carbonyl (C=O) groups is 1. The Bertz CT molecular complexity index is 430. The molecule has 1 aliphatic carbocycles. The lowest BCUT2D eigenvalue weighted by atomic mass is 9.86. The van der Waals surface area contributed by atoms with Gasteiger partial charge in [0, 0.05) is 12.3 Å². The van der Waals surface area contributed by atoms with Crippen LogP contribution in [0.4, 0.5) is 0 Å². The van der Waals surface area contributed by atoms with Crippen molar-refractivity contribution in [2.75, 3.05) is 0 Å². The van der Waals surface area contributed by atoms with Crippen molar-refractivity contribution in [3.8, 4) is 0 Å². The molecular weight excluding hydrogens is 316 g/mol. The lowest BCUT2D eigenvalue weighted by Gasteiger charge is -2.21. The second kappa shape index (κ2) is 12.3. The molecule has 1 fully saturated rings. The average Bonchev–Trinajstić information content (AvgIpc) is 2.89.